The van der Waals surface area contributed by atoms with Crippen molar-refractivity contribution in [2.75, 3.05) is 13.2 Å². The Hall–Kier alpha value is -3.84. The molecule has 1 saturated heterocycles. The van der Waals surface area contributed by atoms with Gasteiger partial charge in [0.1, 0.15) is 19.0 Å². The molecule has 1 fully saturated rings. The highest BCUT2D eigenvalue weighted by Gasteiger charge is 2.46. The fraction of sp³-hybridized carbons (Fsp3) is 0.160. The first-order valence-corrected chi connectivity index (χ1v) is 10.7. The quantitative estimate of drug-likeness (QED) is 0.356. The van der Waals surface area contributed by atoms with Crippen molar-refractivity contribution in [2.24, 2.45) is 0 Å². The van der Waals surface area contributed by atoms with Crippen molar-refractivity contribution in [3.8, 4) is 11.5 Å². The summed E-state index contributed by atoms with van der Waals surface area (Å²) in [5.41, 5.74) is 1.71. The van der Waals surface area contributed by atoms with Crippen LogP contribution in [0.5, 0.6) is 11.5 Å². The van der Waals surface area contributed by atoms with E-state index in [1.165, 1.54) is 4.90 Å². The number of ketones is 1. The standard InChI is InChI=1S/C25H19ClN2O5/c26-18-5-1-4-16(11-18)22-21(23(29)17-6-7-19-20(12-17)33-10-9-32-19)24(30)25(31)28(22)14-15-3-2-8-27-13-15/h1-8,11-13,22,29H,9-10,14H2/t22-/m0/s1. The molecule has 1 aromatic heterocycles. The SMILES string of the molecule is O=C1C(=O)N(Cc2cccnc2)[C@@H](c2cccc(Cl)c2)C1=C(O)c1ccc2c(c1)OCCO2. The van der Waals surface area contributed by atoms with Gasteiger partial charge in [-0.25, -0.2) is 0 Å². The zero-order valence-electron chi connectivity index (χ0n) is 17.4. The number of Topliss-reactive ketones (excluding diaryl/α,β-unsaturated/α-hetero) is 1. The number of ether oxygens (including phenoxy) is 2. The Kier molecular flexibility index (Phi) is 5.48. The molecule has 0 aliphatic carbocycles. The van der Waals surface area contributed by atoms with Crippen LogP contribution in [0.15, 0.2) is 72.6 Å². The van der Waals surface area contributed by atoms with E-state index in [4.69, 9.17) is 21.1 Å². The number of rotatable bonds is 4. The molecule has 2 aliphatic rings. The summed E-state index contributed by atoms with van der Waals surface area (Å²) in [4.78, 5) is 31.8. The van der Waals surface area contributed by atoms with E-state index >= 15 is 0 Å². The summed E-state index contributed by atoms with van der Waals surface area (Å²) in [5, 5.41) is 11.7. The molecule has 0 unspecified atom stereocenters. The number of amides is 1. The van der Waals surface area contributed by atoms with Crippen molar-refractivity contribution in [3.63, 3.8) is 0 Å². The van der Waals surface area contributed by atoms with Gasteiger partial charge in [-0.2, -0.15) is 0 Å². The molecule has 0 saturated carbocycles. The van der Waals surface area contributed by atoms with Crippen LogP contribution in [-0.2, 0) is 16.1 Å². The second-order valence-corrected chi connectivity index (χ2v) is 8.14. The summed E-state index contributed by atoms with van der Waals surface area (Å²) in [6, 6.07) is 14.6. The Morgan fingerprint density at radius 2 is 1.88 bits per heavy atom. The van der Waals surface area contributed by atoms with E-state index in [-0.39, 0.29) is 17.9 Å². The lowest BCUT2D eigenvalue weighted by atomic mass is 9.95. The number of carbonyl (C=O) groups excluding carboxylic acids is 2. The van der Waals surface area contributed by atoms with E-state index in [0.29, 0.717) is 40.9 Å². The Morgan fingerprint density at radius 3 is 2.64 bits per heavy atom. The maximum Gasteiger partial charge on any atom is 0.295 e. The molecule has 166 valence electrons. The average Bonchev–Trinajstić information content (AvgIpc) is 3.09. The molecule has 2 aliphatic heterocycles. The largest absolute Gasteiger partial charge is 0.507 e. The molecule has 1 N–H and O–H groups in total. The molecule has 0 bridgehead atoms. The average molecular weight is 463 g/mol. The number of pyridine rings is 1. The summed E-state index contributed by atoms with van der Waals surface area (Å²) in [6.45, 7) is 0.968. The third-order valence-corrected chi connectivity index (χ3v) is 5.83. The van der Waals surface area contributed by atoms with Gasteiger partial charge in [0.05, 0.1) is 11.6 Å². The number of likely N-dealkylation sites (tertiary alicyclic amines) is 1. The van der Waals surface area contributed by atoms with Crippen LogP contribution in [0.25, 0.3) is 5.76 Å². The minimum absolute atomic E-state index is 0.0113. The molecule has 8 heteroatoms. The predicted molar refractivity (Wildman–Crippen MR) is 121 cm³/mol. The molecule has 1 amide bonds. The van der Waals surface area contributed by atoms with Crippen molar-refractivity contribution >= 4 is 29.1 Å². The first-order valence-electron chi connectivity index (χ1n) is 10.4. The van der Waals surface area contributed by atoms with Gasteiger partial charge in [-0.1, -0.05) is 29.8 Å². The lowest BCUT2D eigenvalue weighted by Crippen LogP contribution is -2.29. The molecule has 2 aromatic carbocycles. The maximum absolute atomic E-state index is 13.2. The third kappa shape index (κ3) is 3.91. The zero-order chi connectivity index (χ0) is 22.9. The summed E-state index contributed by atoms with van der Waals surface area (Å²) in [5.74, 6) is -0.737. The number of fused-ring (bicyclic) bond motifs is 1. The van der Waals surface area contributed by atoms with Crippen LogP contribution in [0.4, 0.5) is 0 Å². The Labute approximate surface area is 194 Å². The van der Waals surface area contributed by atoms with Gasteiger partial charge in [-0.15, -0.1) is 0 Å². The number of benzene rings is 2. The van der Waals surface area contributed by atoms with Crippen LogP contribution in [0.3, 0.4) is 0 Å². The molecule has 3 aromatic rings. The number of aromatic nitrogens is 1. The first kappa shape index (κ1) is 21.0. The highest BCUT2D eigenvalue weighted by Crippen LogP contribution is 2.42. The highest BCUT2D eigenvalue weighted by molar-refractivity contribution is 6.46. The van der Waals surface area contributed by atoms with Gasteiger partial charge in [0.25, 0.3) is 11.7 Å². The van der Waals surface area contributed by atoms with Crippen molar-refractivity contribution < 1.29 is 24.2 Å². The van der Waals surface area contributed by atoms with E-state index in [1.807, 2.05) is 6.07 Å². The monoisotopic (exact) mass is 462 g/mol. The number of aliphatic hydroxyl groups excluding tert-OH is 1. The zero-order valence-corrected chi connectivity index (χ0v) is 18.2. The van der Waals surface area contributed by atoms with Gasteiger partial charge in [-0.3, -0.25) is 14.6 Å². The fourth-order valence-electron chi connectivity index (χ4n) is 4.10. The lowest BCUT2D eigenvalue weighted by molar-refractivity contribution is -0.140. The number of nitrogens with zero attached hydrogens (tertiary/aromatic N) is 2. The van der Waals surface area contributed by atoms with Crippen molar-refractivity contribution in [1.82, 2.24) is 9.88 Å². The maximum atomic E-state index is 13.2. The lowest BCUT2D eigenvalue weighted by Gasteiger charge is -2.25. The van der Waals surface area contributed by atoms with E-state index in [9.17, 15) is 14.7 Å². The third-order valence-electron chi connectivity index (χ3n) is 5.60. The minimum atomic E-state index is -0.822. The van der Waals surface area contributed by atoms with Crippen LogP contribution >= 0.6 is 11.6 Å². The van der Waals surface area contributed by atoms with Gasteiger partial charge in [0.2, 0.25) is 0 Å². The Bertz CT molecular complexity index is 1270. The molecule has 3 heterocycles. The number of aliphatic hydroxyl groups is 1. The van der Waals surface area contributed by atoms with E-state index < -0.39 is 17.7 Å². The molecule has 5 rings (SSSR count). The predicted octanol–water partition coefficient (Wildman–Crippen LogP) is 4.13. The van der Waals surface area contributed by atoms with Crippen LogP contribution in [-0.4, -0.2) is 39.9 Å². The van der Waals surface area contributed by atoms with Crippen molar-refractivity contribution in [1.29, 1.82) is 0 Å². The van der Waals surface area contributed by atoms with Gasteiger partial charge < -0.3 is 19.5 Å². The Morgan fingerprint density at radius 1 is 1.06 bits per heavy atom. The molecule has 0 radical (unpaired) electrons. The molecule has 1 atom stereocenters. The van der Waals surface area contributed by atoms with Crippen LogP contribution in [0, 0.1) is 0 Å². The van der Waals surface area contributed by atoms with Gasteiger partial charge in [-0.05, 0) is 47.5 Å². The second-order valence-electron chi connectivity index (χ2n) is 7.70. The molecular formula is C25H19ClN2O5. The van der Waals surface area contributed by atoms with Gasteiger partial charge in [0, 0.05) is 29.5 Å². The van der Waals surface area contributed by atoms with E-state index in [1.54, 1.807) is 60.9 Å². The van der Waals surface area contributed by atoms with Crippen molar-refractivity contribution in [3.05, 3.63) is 94.3 Å². The smallest absolute Gasteiger partial charge is 0.295 e. The molecule has 0 spiro atoms. The normalized spacial score (nSPS) is 19.1. The minimum Gasteiger partial charge on any atom is -0.507 e. The molecule has 33 heavy (non-hydrogen) atoms. The summed E-state index contributed by atoms with van der Waals surface area (Å²) in [7, 11) is 0. The van der Waals surface area contributed by atoms with Gasteiger partial charge >= 0.3 is 0 Å². The molecular weight excluding hydrogens is 444 g/mol. The topological polar surface area (TPSA) is 89.0 Å². The summed E-state index contributed by atoms with van der Waals surface area (Å²) in [6.07, 6.45) is 3.27. The van der Waals surface area contributed by atoms with Crippen LogP contribution in [0.1, 0.15) is 22.7 Å². The molecule has 7 nitrogen and oxygen atoms in total. The van der Waals surface area contributed by atoms with Crippen LogP contribution in [0.2, 0.25) is 5.02 Å². The second kappa shape index (κ2) is 8.60. The van der Waals surface area contributed by atoms with Gasteiger partial charge in [0.15, 0.2) is 11.5 Å². The van der Waals surface area contributed by atoms with E-state index in [2.05, 4.69) is 4.98 Å². The number of carbonyl (C=O) groups is 2. The fourth-order valence-corrected chi connectivity index (χ4v) is 4.30. The summed E-state index contributed by atoms with van der Waals surface area (Å²) < 4.78 is 11.1. The first-order chi connectivity index (χ1) is 16.0. The number of hydrogen-bond donors (Lipinski definition) is 1. The van der Waals surface area contributed by atoms with Crippen molar-refractivity contribution in [2.45, 2.75) is 12.6 Å². The number of hydrogen-bond acceptors (Lipinski definition) is 6. The Balaban J connectivity index is 1.64. The van der Waals surface area contributed by atoms with Crippen LogP contribution < -0.4 is 9.47 Å². The highest BCUT2D eigenvalue weighted by atomic mass is 35.5. The number of halogens is 1. The summed E-state index contributed by atoms with van der Waals surface area (Å²) >= 11 is 6.22. The van der Waals surface area contributed by atoms with E-state index in [0.717, 1.165) is 5.56 Å².